The topological polar surface area (TPSA) is 69.6 Å². The van der Waals surface area contributed by atoms with E-state index >= 15 is 4.39 Å². The lowest BCUT2D eigenvalue weighted by atomic mass is 10.2. The summed E-state index contributed by atoms with van der Waals surface area (Å²) in [5.41, 5.74) is 0.674. The zero-order chi connectivity index (χ0) is 17.2. The van der Waals surface area contributed by atoms with Gasteiger partial charge in [-0.25, -0.2) is 18.7 Å². The van der Waals surface area contributed by atoms with Gasteiger partial charge in [-0.3, -0.25) is 4.68 Å². The summed E-state index contributed by atoms with van der Waals surface area (Å²) in [7, 11) is 0. The second-order valence-corrected chi connectivity index (χ2v) is 5.22. The number of hydrogen-bond acceptors (Lipinski definition) is 5. The molecule has 0 unspecified atom stereocenters. The van der Waals surface area contributed by atoms with Crippen molar-refractivity contribution in [3.8, 4) is 22.9 Å². The molecule has 0 spiro atoms. The van der Waals surface area contributed by atoms with E-state index in [2.05, 4.69) is 20.2 Å². The fraction of sp³-hybridized carbons (Fsp3) is 0.0588. The average Bonchev–Trinajstić information content (AvgIpc) is 3.26. The van der Waals surface area contributed by atoms with Crippen molar-refractivity contribution in [2.45, 2.75) is 6.54 Å². The lowest BCUT2D eigenvalue weighted by Crippen LogP contribution is -2.06. The van der Waals surface area contributed by atoms with E-state index in [9.17, 15) is 4.39 Å². The van der Waals surface area contributed by atoms with Crippen LogP contribution in [0.1, 0.15) is 5.56 Å². The number of rotatable bonds is 4. The zero-order valence-corrected chi connectivity index (χ0v) is 12.8. The van der Waals surface area contributed by atoms with Gasteiger partial charge in [0.25, 0.3) is 0 Å². The van der Waals surface area contributed by atoms with Crippen LogP contribution in [0.15, 0.2) is 59.6 Å². The number of aromatic nitrogens is 5. The molecule has 0 atom stereocenters. The number of benzene rings is 1. The molecule has 3 aromatic heterocycles. The molecule has 0 aliphatic heterocycles. The van der Waals surface area contributed by atoms with Gasteiger partial charge in [0.2, 0.25) is 0 Å². The maximum Gasteiger partial charge on any atom is 0.183 e. The highest BCUT2D eigenvalue weighted by atomic mass is 19.1. The van der Waals surface area contributed by atoms with Crippen LogP contribution in [0, 0.1) is 11.6 Å². The maximum atomic E-state index is 15.0. The van der Waals surface area contributed by atoms with Crippen molar-refractivity contribution >= 4 is 0 Å². The summed E-state index contributed by atoms with van der Waals surface area (Å²) in [5, 5.41) is 8.01. The van der Waals surface area contributed by atoms with Gasteiger partial charge in [-0.1, -0.05) is 23.4 Å². The lowest BCUT2D eigenvalue weighted by Gasteiger charge is -2.06. The van der Waals surface area contributed by atoms with E-state index in [1.807, 2.05) is 0 Å². The SMILES string of the molecule is Fc1ccccc1Cn1nc(-c2ncccn2)c(F)c1-c1ccon1. The van der Waals surface area contributed by atoms with Gasteiger partial charge in [-0.05, 0) is 12.1 Å². The molecule has 0 N–H and O–H groups in total. The van der Waals surface area contributed by atoms with E-state index in [-0.39, 0.29) is 29.5 Å². The summed E-state index contributed by atoms with van der Waals surface area (Å²) in [6.45, 7) is 0.0264. The molecular weight excluding hydrogens is 328 g/mol. The minimum absolute atomic E-state index is 0.0264. The third kappa shape index (κ3) is 2.78. The Labute approximate surface area is 140 Å². The maximum absolute atomic E-state index is 15.0. The van der Waals surface area contributed by atoms with Crippen molar-refractivity contribution in [1.82, 2.24) is 24.9 Å². The highest BCUT2D eigenvalue weighted by Gasteiger charge is 2.24. The molecule has 0 amide bonds. The normalized spacial score (nSPS) is 11.0. The van der Waals surface area contributed by atoms with Crippen molar-refractivity contribution in [2.24, 2.45) is 0 Å². The Balaban J connectivity index is 1.86. The fourth-order valence-electron chi connectivity index (χ4n) is 2.49. The summed E-state index contributed by atoms with van der Waals surface area (Å²) in [5.74, 6) is -0.907. The van der Waals surface area contributed by atoms with E-state index < -0.39 is 11.6 Å². The second-order valence-electron chi connectivity index (χ2n) is 5.22. The van der Waals surface area contributed by atoms with Gasteiger partial charge in [-0.2, -0.15) is 5.10 Å². The van der Waals surface area contributed by atoms with E-state index in [0.29, 0.717) is 5.56 Å². The molecule has 1 aromatic carbocycles. The number of nitrogens with zero attached hydrogens (tertiary/aromatic N) is 5. The van der Waals surface area contributed by atoms with Gasteiger partial charge < -0.3 is 4.52 Å². The Morgan fingerprint density at radius 2 is 1.80 bits per heavy atom. The Kier molecular flexibility index (Phi) is 3.77. The average molecular weight is 339 g/mol. The third-order valence-electron chi connectivity index (χ3n) is 3.63. The molecule has 8 heteroatoms. The highest BCUT2D eigenvalue weighted by molar-refractivity contribution is 5.63. The summed E-state index contributed by atoms with van der Waals surface area (Å²) in [6, 6.07) is 9.37. The predicted octanol–water partition coefficient (Wildman–Crippen LogP) is 3.32. The standard InChI is InChI=1S/C17H11F2N5O/c18-12-5-2-1-4-11(12)10-24-16(13-6-9-25-23-13)14(19)15(22-24)17-20-7-3-8-21-17/h1-9H,10H2. The molecule has 4 aromatic rings. The first-order chi connectivity index (χ1) is 12.2. The molecule has 0 saturated heterocycles. The van der Waals surface area contributed by atoms with E-state index in [1.165, 1.54) is 35.5 Å². The molecule has 3 heterocycles. The lowest BCUT2D eigenvalue weighted by molar-refractivity contribution is 0.421. The number of hydrogen-bond donors (Lipinski definition) is 0. The molecule has 25 heavy (non-hydrogen) atoms. The molecule has 0 aliphatic rings. The number of halogens is 2. The van der Waals surface area contributed by atoms with Crippen LogP contribution in [-0.4, -0.2) is 24.9 Å². The first-order valence-electron chi connectivity index (χ1n) is 7.42. The van der Waals surface area contributed by atoms with Crippen LogP contribution in [0.4, 0.5) is 8.78 Å². The van der Waals surface area contributed by atoms with Crippen molar-refractivity contribution in [3.05, 3.63) is 72.3 Å². The van der Waals surface area contributed by atoms with Gasteiger partial charge in [0.05, 0.1) is 6.54 Å². The van der Waals surface area contributed by atoms with Crippen molar-refractivity contribution in [3.63, 3.8) is 0 Å². The Morgan fingerprint density at radius 3 is 2.52 bits per heavy atom. The van der Waals surface area contributed by atoms with E-state index in [4.69, 9.17) is 4.52 Å². The smallest absolute Gasteiger partial charge is 0.183 e. The van der Waals surface area contributed by atoms with E-state index in [1.54, 1.807) is 24.3 Å². The monoisotopic (exact) mass is 339 g/mol. The molecule has 0 aliphatic carbocycles. The van der Waals surface area contributed by atoms with Gasteiger partial charge in [0.15, 0.2) is 17.3 Å². The van der Waals surface area contributed by atoms with Gasteiger partial charge in [-0.15, -0.1) is 0 Å². The minimum Gasteiger partial charge on any atom is -0.364 e. The van der Waals surface area contributed by atoms with Crippen LogP contribution < -0.4 is 0 Å². The quantitative estimate of drug-likeness (QED) is 0.570. The molecule has 0 saturated carbocycles. The van der Waals surface area contributed by atoms with Crippen LogP contribution in [0.3, 0.4) is 0 Å². The molecule has 0 radical (unpaired) electrons. The van der Waals surface area contributed by atoms with Crippen molar-refractivity contribution < 1.29 is 13.3 Å². The summed E-state index contributed by atoms with van der Waals surface area (Å²) in [4.78, 5) is 8.05. The highest BCUT2D eigenvalue weighted by Crippen LogP contribution is 2.29. The largest absolute Gasteiger partial charge is 0.364 e. The predicted molar refractivity (Wildman–Crippen MR) is 84.2 cm³/mol. The first kappa shape index (κ1) is 15.1. The van der Waals surface area contributed by atoms with Crippen LogP contribution in [0.25, 0.3) is 22.9 Å². The van der Waals surface area contributed by atoms with Crippen LogP contribution in [0.5, 0.6) is 0 Å². The van der Waals surface area contributed by atoms with E-state index in [0.717, 1.165) is 0 Å². The molecule has 124 valence electrons. The molecular formula is C17H11F2N5O. The second kappa shape index (κ2) is 6.23. The Hall–Kier alpha value is -3.42. The van der Waals surface area contributed by atoms with Gasteiger partial charge in [0, 0.05) is 24.0 Å². The fourth-order valence-corrected chi connectivity index (χ4v) is 2.49. The third-order valence-corrected chi connectivity index (χ3v) is 3.63. The summed E-state index contributed by atoms with van der Waals surface area (Å²) in [6.07, 6.45) is 4.31. The van der Waals surface area contributed by atoms with Crippen LogP contribution in [-0.2, 0) is 6.54 Å². The molecule has 6 nitrogen and oxygen atoms in total. The first-order valence-corrected chi connectivity index (χ1v) is 7.42. The summed E-state index contributed by atoms with van der Waals surface area (Å²) < 4.78 is 35.1. The summed E-state index contributed by atoms with van der Waals surface area (Å²) >= 11 is 0. The zero-order valence-electron chi connectivity index (χ0n) is 12.8. The van der Waals surface area contributed by atoms with Crippen LogP contribution in [0.2, 0.25) is 0 Å². The van der Waals surface area contributed by atoms with Crippen molar-refractivity contribution in [1.29, 1.82) is 0 Å². The molecule has 0 bridgehead atoms. The molecule has 0 fully saturated rings. The Bertz CT molecular complexity index is 999. The Morgan fingerprint density at radius 1 is 1.00 bits per heavy atom. The minimum atomic E-state index is -0.642. The van der Waals surface area contributed by atoms with Crippen molar-refractivity contribution in [2.75, 3.05) is 0 Å². The van der Waals surface area contributed by atoms with Crippen LogP contribution >= 0.6 is 0 Å². The van der Waals surface area contributed by atoms with Gasteiger partial charge >= 0.3 is 0 Å². The van der Waals surface area contributed by atoms with Gasteiger partial charge in [0.1, 0.15) is 23.5 Å². The molecule has 4 rings (SSSR count).